The second-order valence-electron chi connectivity index (χ2n) is 3.77. The van der Waals surface area contributed by atoms with E-state index in [2.05, 4.69) is 0 Å². The van der Waals surface area contributed by atoms with Crippen molar-refractivity contribution in [3.63, 3.8) is 0 Å². The molecule has 0 bridgehead atoms. The molecule has 18 heavy (non-hydrogen) atoms. The highest BCUT2D eigenvalue weighted by molar-refractivity contribution is 5.99. The number of rotatable bonds is 6. The number of hydrogen-bond acceptors (Lipinski definition) is 5. The summed E-state index contributed by atoms with van der Waals surface area (Å²) in [5.74, 6) is -0.0514. The molecule has 0 spiro atoms. The predicted molar refractivity (Wildman–Crippen MR) is 66.5 cm³/mol. The Kier molecular flexibility index (Phi) is 5.32. The third-order valence-corrected chi connectivity index (χ3v) is 2.21. The third-order valence-electron chi connectivity index (χ3n) is 2.21. The molecule has 1 rings (SSSR count). The van der Waals surface area contributed by atoms with E-state index in [4.69, 9.17) is 15.2 Å². The summed E-state index contributed by atoms with van der Waals surface area (Å²) in [6.45, 7) is 3.54. The van der Waals surface area contributed by atoms with Crippen LogP contribution in [0.25, 0.3) is 0 Å². The molecule has 0 saturated carbocycles. The van der Waals surface area contributed by atoms with Crippen molar-refractivity contribution in [2.45, 2.75) is 19.9 Å². The van der Waals surface area contributed by atoms with Crippen LogP contribution in [0, 0.1) is 0 Å². The fourth-order valence-electron chi connectivity index (χ4n) is 1.32. The van der Waals surface area contributed by atoms with Crippen LogP contribution in [-0.4, -0.2) is 31.0 Å². The van der Waals surface area contributed by atoms with E-state index >= 15 is 0 Å². The minimum absolute atomic E-state index is 0.132. The molecule has 1 aromatic carbocycles. The second kappa shape index (κ2) is 6.76. The molecule has 1 aromatic rings. The van der Waals surface area contributed by atoms with Gasteiger partial charge in [0.25, 0.3) is 0 Å². The summed E-state index contributed by atoms with van der Waals surface area (Å²) in [5, 5.41) is 0. The molecule has 0 radical (unpaired) electrons. The second-order valence-corrected chi connectivity index (χ2v) is 3.77. The molecule has 1 unspecified atom stereocenters. The molecule has 0 aliphatic rings. The molecular weight excluding hydrogens is 234 g/mol. The van der Waals surface area contributed by atoms with E-state index in [0.29, 0.717) is 17.9 Å². The lowest BCUT2D eigenvalue weighted by molar-refractivity contribution is -0.145. The molecule has 98 valence electrons. The first-order valence-corrected chi connectivity index (χ1v) is 5.73. The smallest absolute Gasteiger partial charge is 0.344 e. The van der Waals surface area contributed by atoms with Gasteiger partial charge in [-0.2, -0.15) is 0 Å². The van der Waals surface area contributed by atoms with Crippen molar-refractivity contribution >= 4 is 11.8 Å². The summed E-state index contributed by atoms with van der Waals surface area (Å²) in [5.41, 5.74) is 6.02. The van der Waals surface area contributed by atoms with Gasteiger partial charge in [-0.1, -0.05) is 0 Å². The number of carbonyl (C=O) groups is 2. The fraction of sp³-hybridized carbons (Fsp3) is 0.385. The van der Waals surface area contributed by atoms with Gasteiger partial charge in [0, 0.05) is 5.56 Å². The number of carbonyl (C=O) groups excluding carboxylic acids is 2. The maximum absolute atomic E-state index is 11.6. The monoisotopic (exact) mass is 251 g/mol. The maximum atomic E-state index is 11.6. The van der Waals surface area contributed by atoms with E-state index in [1.807, 2.05) is 0 Å². The summed E-state index contributed by atoms with van der Waals surface area (Å²) < 4.78 is 9.92. The zero-order valence-electron chi connectivity index (χ0n) is 10.5. The van der Waals surface area contributed by atoms with Crippen LogP contribution in [-0.2, 0) is 9.53 Å². The summed E-state index contributed by atoms with van der Waals surface area (Å²) in [6.07, 6.45) is 0. The normalized spacial score (nSPS) is 11.7. The van der Waals surface area contributed by atoms with Crippen LogP contribution in [0.3, 0.4) is 0 Å². The Morgan fingerprint density at radius 1 is 1.28 bits per heavy atom. The van der Waals surface area contributed by atoms with Gasteiger partial charge in [-0.05, 0) is 38.1 Å². The molecule has 0 heterocycles. The lowest BCUT2D eigenvalue weighted by atomic mass is 10.1. The van der Waals surface area contributed by atoms with Crippen LogP contribution in [0.1, 0.15) is 24.2 Å². The SMILES string of the molecule is CCOC(=O)COc1ccc(C(=O)C(C)N)cc1. The van der Waals surface area contributed by atoms with Crippen LogP contribution in [0.15, 0.2) is 24.3 Å². The van der Waals surface area contributed by atoms with Crippen LogP contribution < -0.4 is 10.5 Å². The number of hydrogen-bond donors (Lipinski definition) is 1. The topological polar surface area (TPSA) is 78.6 Å². The molecule has 2 N–H and O–H groups in total. The van der Waals surface area contributed by atoms with E-state index in [0.717, 1.165) is 0 Å². The minimum atomic E-state index is -0.531. The quantitative estimate of drug-likeness (QED) is 0.606. The summed E-state index contributed by atoms with van der Waals surface area (Å²) in [4.78, 5) is 22.6. The van der Waals surface area contributed by atoms with Crippen molar-refractivity contribution in [2.75, 3.05) is 13.2 Å². The van der Waals surface area contributed by atoms with E-state index < -0.39 is 12.0 Å². The number of nitrogens with two attached hydrogens (primary N) is 1. The molecule has 0 amide bonds. The number of ether oxygens (including phenoxy) is 2. The fourth-order valence-corrected chi connectivity index (χ4v) is 1.32. The highest BCUT2D eigenvalue weighted by atomic mass is 16.6. The van der Waals surface area contributed by atoms with Crippen molar-refractivity contribution in [1.29, 1.82) is 0 Å². The molecule has 1 atom stereocenters. The highest BCUT2D eigenvalue weighted by Crippen LogP contribution is 2.13. The molecule has 0 aliphatic carbocycles. The summed E-state index contributed by atoms with van der Waals surface area (Å²) in [7, 11) is 0. The molecule has 0 aromatic heterocycles. The Bertz CT molecular complexity index is 412. The maximum Gasteiger partial charge on any atom is 0.344 e. The van der Waals surface area contributed by atoms with Gasteiger partial charge in [0.15, 0.2) is 12.4 Å². The van der Waals surface area contributed by atoms with Crippen LogP contribution in [0.4, 0.5) is 0 Å². The largest absolute Gasteiger partial charge is 0.482 e. The molecular formula is C13H17NO4. The average Bonchev–Trinajstić information content (AvgIpc) is 2.36. The summed E-state index contributed by atoms with van der Waals surface area (Å²) in [6, 6.07) is 5.94. The predicted octanol–water partition coefficient (Wildman–Crippen LogP) is 1.16. The van der Waals surface area contributed by atoms with E-state index in [-0.39, 0.29) is 12.4 Å². The van der Waals surface area contributed by atoms with Gasteiger partial charge < -0.3 is 15.2 Å². The number of benzene rings is 1. The number of ketones is 1. The van der Waals surface area contributed by atoms with Gasteiger partial charge in [0.1, 0.15) is 5.75 Å². The van der Waals surface area contributed by atoms with Gasteiger partial charge in [-0.15, -0.1) is 0 Å². The van der Waals surface area contributed by atoms with Gasteiger partial charge >= 0.3 is 5.97 Å². The zero-order chi connectivity index (χ0) is 13.5. The molecule has 5 nitrogen and oxygen atoms in total. The number of Topliss-reactive ketones (excluding diaryl/α,β-unsaturated/α-hetero) is 1. The van der Waals surface area contributed by atoms with Crippen molar-refractivity contribution in [2.24, 2.45) is 5.73 Å². The Balaban J connectivity index is 2.55. The highest BCUT2D eigenvalue weighted by Gasteiger charge is 2.10. The molecule has 5 heteroatoms. The van der Waals surface area contributed by atoms with E-state index in [1.165, 1.54) is 0 Å². The van der Waals surface area contributed by atoms with Gasteiger partial charge in [0.05, 0.1) is 12.6 Å². The third kappa shape index (κ3) is 4.18. The molecule has 0 aliphatic heterocycles. The van der Waals surface area contributed by atoms with Crippen molar-refractivity contribution in [3.05, 3.63) is 29.8 Å². The summed E-state index contributed by atoms with van der Waals surface area (Å²) >= 11 is 0. The van der Waals surface area contributed by atoms with Gasteiger partial charge in [0.2, 0.25) is 0 Å². The van der Waals surface area contributed by atoms with Crippen LogP contribution in [0.2, 0.25) is 0 Å². The molecule has 0 fully saturated rings. The van der Waals surface area contributed by atoms with Crippen LogP contribution >= 0.6 is 0 Å². The van der Waals surface area contributed by atoms with Crippen molar-refractivity contribution in [3.8, 4) is 5.75 Å². The first-order chi connectivity index (χ1) is 8.54. The van der Waals surface area contributed by atoms with Crippen molar-refractivity contribution < 1.29 is 19.1 Å². The van der Waals surface area contributed by atoms with Crippen molar-refractivity contribution in [1.82, 2.24) is 0 Å². The lowest BCUT2D eigenvalue weighted by Crippen LogP contribution is -2.26. The number of esters is 1. The minimum Gasteiger partial charge on any atom is -0.482 e. The van der Waals surface area contributed by atoms with Gasteiger partial charge in [-0.25, -0.2) is 4.79 Å². The average molecular weight is 251 g/mol. The zero-order valence-corrected chi connectivity index (χ0v) is 10.5. The van der Waals surface area contributed by atoms with E-state index in [9.17, 15) is 9.59 Å². The first kappa shape index (κ1) is 14.2. The lowest BCUT2D eigenvalue weighted by Gasteiger charge is -2.07. The standard InChI is InChI=1S/C13H17NO4/c1-3-17-12(15)8-18-11-6-4-10(5-7-11)13(16)9(2)14/h4-7,9H,3,8,14H2,1-2H3. The first-order valence-electron chi connectivity index (χ1n) is 5.73. The van der Waals surface area contributed by atoms with Crippen LogP contribution in [0.5, 0.6) is 5.75 Å². The Morgan fingerprint density at radius 2 is 1.89 bits per heavy atom. The van der Waals surface area contributed by atoms with Gasteiger partial charge in [-0.3, -0.25) is 4.79 Å². The Morgan fingerprint density at radius 3 is 2.39 bits per heavy atom. The Labute approximate surface area is 106 Å². The Hall–Kier alpha value is -1.88. The molecule has 0 saturated heterocycles. The van der Waals surface area contributed by atoms with E-state index in [1.54, 1.807) is 38.1 Å².